The van der Waals surface area contributed by atoms with Gasteiger partial charge in [-0.2, -0.15) is 0 Å². The van der Waals surface area contributed by atoms with Crippen LogP contribution in [0.25, 0.3) is 0 Å². The van der Waals surface area contributed by atoms with Crippen molar-refractivity contribution in [2.45, 2.75) is 86.9 Å². The summed E-state index contributed by atoms with van der Waals surface area (Å²) >= 11 is 1.45. The summed E-state index contributed by atoms with van der Waals surface area (Å²) in [7, 11) is 0. The molecule has 3 aliphatic rings. The smallest absolute Gasteiger partial charge is 0.327 e. The van der Waals surface area contributed by atoms with E-state index >= 15 is 0 Å². The Morgan fingerprint density at radius 1 is 1.25 bits per heavy atom. The first-order valence-corrected chi connectivity index (χ1v) is 12.4. The second-order valence-electron chi connectivity index (χ2n) is 9.54. The highest BCUT2D eigenvalue weighted by Crippen LogP contribution is 2.51. The van der Waals surface area contributed by atoms with Gasteiger partial charge in [0.05, 0.1) is 12.0 Å². The van der Waals surface area contributed by atoms with Crippen LogP contribution in [0.2, 0.25) is 0 Å². The topological polar surface area (TPSA) is 95.9 Å². The lowest BCUT2D eigenvalue weighted by Gasteiger charge is -2.45. The Balaban J connectivity index is 1.56. The fourth-order valence-electron chi connectivity index (χ4n) is 5.34. The molecular weight excluding hydrogens is 428 g/mol. The van der Waals surface area contributed by atoms with E-state index in [2.05, 4.69) is 12.2 Å². The number of nitrogens with one attached hydrogen (secondary N) is 1. The number of aliphatic carboxylic acids is 1. The number of hydrogen-bond acceptors (Lipinski definition) is 5. The molecule has 3 atom stereocenters. The van der Waals surface area contributed by atoms with E-state index in [1.807, 2.05) is 38.1 Å². The summed E-state index contributed by atoms with van der Waals surface area (Å²) in [5.41, 5.74) is 0.159. The van der Waals surface area contributed by atoms with Gasteiger partial charge in [-0.25, -0.2) is 4.79 Å². The molecule has 0 bridgehead atoms. The Labute approximate surface area is 193 Å². The zero-order chi connectivity index (χ0) is 23.1. The minimum atomic E-state index is -1.01. The standard InChI is InChI=1S/C24H32N2O5S/c1-4-5-14-31-16-11-7-6-10-15(16)24(12-8-9-13-24)22(30)25-17-19(27)26-18(21(28)29)23(2,3)32-20(17)26/h6-7,10-11,17-18,20H,4-5,8-9,12-14H2,1-3H3,(H,25,30)(H,28,29)/t17?,18-,20?/m0/s1. The summed E-state index contributed by atoms with van der Waals surface area (Å²) in [6, 6.07) is 6.16. The normalized spacial score (nSPS) is 27.5. The van der Waals surface area contributed by atoms with Crippen LogP contribution in [0.15, 0.2) is 24.3 Å². The number of para-hydroxylation sites is 1. The highest BCUT2D eigenvalue weighted by Gasteiger charge is 2.64. The molecule has 2 unspecified atom stereocenters. The molecule has 0 spiro atoms. The van der Waals surface area contributed by atoms with Gasteiger partial charge in [-0.05, 0) is 39.2 Å². The maximum absolute atomic E-state index is 13.7. The van der Waals surface area contributed by atoms with Crippen molar-refractivity contribution in [3.8, 4) is 5.75 Å². The molecule has 1 saturated carbocycles. The Hall–Kier alpha value is -2.22. The van der Waals surface area contributed by atoms with Gasteiger partial charge in [0.25, 0.3) is 0 Å². The Morgan fingerprint density at radius 3 is 2.59 bits per heavy atom. The number of rotatable bonds is 8. The van der Waals surface area contributed by atoms with E-state index in [0.29, 0.717) is 19.4 Å². The van der Waals surface area contributed by atoms with Crippen LogP contribution in [0.1, 0.15) is 64.9 Å². The summed E-state index contributed by atoms with van der Waals surface area (Å²) in [5, 5.41) is 12.3. The van der Waals surface area contributed by atoms with Crippen LogP contribution < -0.4 is 10.1 Å². The number of thioether (sulfide) groups is 1. The lowest BCUT2D eigenvalue weighted by atomic mass is 9.77. The molecule has 1 aromatic carbocycles. The maximum Gasteiger partial charge on any atom is 0.327 e. The van der Waals surface area contributed by atoms with Crippen molar-refractivity contribution in [2.75, 3.05) is 6.61 Å². The molecule has 3 fully saturated rings. The Bertz CT molecular complexity index is 911. The number of nitrogens with zero attached hydrogens (tertiary/aromatic N) is 1. The van der Waals surface area contributed by atoms with Gasteiger partial charge in [-0.1, -0.05) is 44.4 Å². The third-order valence-electron chi connectivity index (χ3n) is 7.01. The molecule has 2 heterocycles. The molecule has 2 saturated heterocycles. The van der Waals surface area contributed by atoms with Crippen LogP contribution in [-0.4, -0.2) is 56.6 Å². The van der Waals surface area contributed by atoms with E-state index in [0.717, 1.165) is 37.0 Å². The van der Waals surface area contributed by atoms with Gasteiger partial charge >= 0.3 is 5.97 Å². The first-order valence-electron chi connectivity index (χ1n) is 11.5. The van der Waals surface area contributed by atoms with Crippen LogP contribution in [0.3, 0.4) is 0 Å². The van der Waals surface area contributed by atoms with Crippen molar-refractivity contribution < 1.29 is 24.2 Å². The van der Waals surface area contributed by atoms with Crippen LogP contribution in [-0.2, 0) is 19.8 Å². The summed E-state index contributed by atoms with van der Waals surface area (Å²) in [5.74, 6) is -0.735. The lowest BCUT2D eigenvalue weighted by molar-refractivity contribution is -0.161. The molecular formula is C24H32N2O5S. The molecule has 0 aromatic heterocycles. The van der Waals surface area contributed by atoms with Crippen molar-refractivity contribution in [1.82, 2.24) is 10.2 Å². The number of carboxylic acids is 1. The number of benzene rings is 1. The van der Waals surface area contributed by atoms with E-state index in [-0.39, 0.29) is 17.2 Å². The number of unbranched alkanes of at least 4 members (excludes halogenated alkanes) is 1. The van der Waals surface area contributed by atoms with E-state index in [4.69, 9.17) is 4.74 Å². The summed E-state index contributed by atoms with van der Waals surface area (Å²) in [6.07, 6.45) is 5.26. The Kier molecular flexibility index (Phi) is 6.18. The molecule has 2 aliphatic heterocycles. The zero-order valence-corrected chi connectivity index (χ0v) is 19.7. The van der Waals surface area contributed by atoms with Gasteiger partial charge < -0.3 is 20.1 Å². The van der Waals surface area contributed by atoms with Gasteiger partial charge in [0, 0.05) is 10.3 Å². The molecule has 1 aliphatic carbocycles. The highest BCUT2D eigenvalue weighted by atomic mass is 32.2. The predicted octanol–water partition coefficient (Wildman–Crippen LogP) is 3.31. The van der Waals surface area contributed by atoms with Crippen molar-refractivity contribution in [1.29, 1.82) is 0 Å². The summed E-state index contributed by atoms with van der Waals surface area (Å²) < 4.78 is 5.43. The van der Waals surface area contributed by atoms with Gasteiger partial charge in [-0.15, -0.1) is 11.8 Å². The van der Waals surface area contributed by atoms with Crippen LogP contribution >= 0.6 is 11.8 Å². The fraction of sp³-hybridized carbons (Fsp3) is 0.625. The van der Waals surface area contributed by atoms with Gasteiger partial charge in [0.1, 0.15) is 23.2 Å². The minimum absolute atomic E-state index is 0.156. The quantitative estimate of drug-likeness (QED) is 0.456. The monoisotopic (exact) mass is 460 g/mol. The van der Waals surface area contributed by atoms with Gasteiger partial charge in [-0.3, -0.25) is 9.59 Å². The molecule has 174 valence electrons. The summed E-state index contributed by atoms with van der Waals surface area (Å²) in [4.78, 5) is 39.8. The van der Waals surface area contributed by atoms with Crippen molar-refractivity contribution in [3.63, 3.8) is 0 Å². The molecule has 2 amide bonds. The van der Waals surface area contributed by atoms with E-state index in [9.17, 15) is 19.5 Å². The number of ether oxygens (including phenoxy) is 1. The first kappa shape index (κ1) is 23.0. The zero-order valence-electron chi connectivity index (χ0n) is 18.9. The van der Waals surface area contributed by atoms with Crippen molar-refractivity contribution >= 4 is 29.5 Å². The second kappa shape index (κ2) is 8.61. The lowest BCUT2D eigenvalue weighted by Crippen LogP contribution is -2.71. The Morgan fingerprint density at radius 2 is 1.94 bits per heavy atom. The van der Waals surface area contributed by atoms with Crippen molar-refractivity contribution in [3.05, 3.63) is 29.8 Å². The number of carbonyl (C=O) groups is 3. The number of hydrogen-bond donors (Lipinski definition) is 2. The van der Waals surface area contributed by atoms with E-state index in [1.165, 1.54) is 16.7 Å². The third kappa shape index (κ3) is 3.66. The number of amides is 2. The van der Waals surface area contributed by atoms with Crippen LogP contribution in [0.5, 0.6) is 5.75 Å². The maximum atomic E-state index is 13.7. The van der Waals surface area contributed by atoms with E-state index in [1.54, 1.807) is 0 Å². The number of carboxylic acid groups (broad SMARTS) is 1. The van der Waals surface area contributed by atoms with Crippen LogP contribution in [0, 0.1) is 0 Å². The van der Waals surface area contributed by atoms with Crippen molar-refractivity contribution in [2.24, 2.45) is 0 Å². The molecule has 8 heteroatoms. The molecule has 4 rings (SSSR count). The second-order valence-corrected chi connectivity index (χ2v) is 11.3. The van der Waals surface area contributed by atoms with Gasteiger partial charge in [0.2, 0.25) is 11.8 Å². The van der Waals surface area contributed by atoms with Gasteiger partial charge in [0.15, 0.2) is 0 Å². The molecule has 32 heavy (non-hydrogen) atoms. The largest absolute Gasteiger partial charge is 0.493 e. The molecule has 1 aromatic rings. The number of fused-ring (bicyclic) bond motifs is 1. The van der Waals surface area contributed by atoms with E-state index < -0.39 is 28.2 Å². The summed E-state index contributed by atoms with van der Waals surface area (Å²) in [6.45, 7) is 6.38. The average molecular weight is 461 g/mol. The first-order chi connectivity index (χ1) is 15.2. The fourth-order valence-corrected chi connectivity index (χ4v) is 6.96. The number of carbonyl (C=O) groups excluding carboxylic acids is 2. The molecule has 0 radical (unpaired) electrons. The minimum Gasteiger partial charge on any atom is -0.493 e. The van der Waals surface area contributed by atoms with Crippen LogP contribution in [0.4, 0.5) is 0 Å². The molecule has 7 nitrogen and oxygen atoms in total. The average Bonchev–Trinajstić information content (AvgIpc) is 3.34. The SMILES string of the molecule is CCCCOc1ccccc1C1(C(=O)NC2C(=O)N3C2SC(C)(C)[C@@H]3C(=O)O)CCCC1. The predicted molar refractivity (Wildman–Crippen MR) is 123 cm³/mol. The third-order valence-corrected chi connectivity index (χ3v) is 8.58. The number of β-lactam (4-membered cyclic amide) rings is 1. The highest BCUT2D eigenvalue weighted by molar-refractivity contribution is 8.01. The molecule has 2 N–H and O–H groups in total.